The third kappa shape index (κ3) is 1.20. The highest BCUT2D eigenvalue weighted by Crippen LogP contribution is 2.07. The van der Waals surface area contributed by atoms with Crippen LogP contribution in [0.3, 0.4) is 0 Å². The topological polar surface area (TPSA) is 64.1 Å². The van der Waals surface area contributed by atoms with E-state index >= 15 is 0 Å². The first kappa shape index (κ1) is 6.10. The minimum atomic E-state index is 0.393. The zero-order valence-corrected chi connectivity index (χ0v) is 5.22. The first-order valence-corrected chi connectivity index (χ1v) is 2.68. The maximum absolute atomic E-state index is 5.36. The van der Waals surface area contributed by atoms with Crippen LogP contribution >= 0.6 is 0 Å². The van der Waals surface area contributed by atoms with Gasteiger partial charge in [-0.15, -0.1) is 0 Å². The molecule has 3 N–H and O–H groups in total. The van der Waals surface area contributed by atoms with E-state index in [0.717, 1.165) is 5.56 Å². The van der Waals surface area contributed by atoms with Crippen molar-refractivity contribution in [3.63, 3.8) is 0 Å². The van der Waals surface area contributed by atoms with Gasteiger partial charge in [0, 0.05) is 6.54 Å². The number of nitrogens with one attached hydrogen (secondary N) is 1. The molecule has 0 aromatic carbocycles. The van der Waals surface area contributed by atoms with Crippen molar-refractivity contribution in [2.75, 3.05) is 12.8 Å². The Kier molecular flexibility index (Phi) is 1.69. The van der Waals surface area contributed by atoms with Gasteiger partial charge in [-0.1, -0.05) is 5.16 Å². The summed E-state index contributed by atoms with van der Waals surface area (Å²) in [5.41, 5.74) is 6.26. The van der Waals surface area contributed by atoms with Crippen LogP contribution in [-0.4, -0.2) is 12.2 Å². The van der Waals surface area contributed by atoms with Crippen molar-refractivity contribution < 1.29 is 4.52 Å². The normalized spacial score (nSPS) is 9.89. The van der Waals surface area contributed by atoms with Gasteiger partial charge in [0.1, 0.15) is 0 Å². The summed E-state index contributed by atoms with van der Waals surface area (Å²) in [6.45, 7) is 0.704. The van der Waals surface area contributed by atoms with Gasteiger partial charge in [-0.05, 0) is 7.05 Å². The molecule has 0 saturated carbocycles. The third-order valence-corrected chi connectivity index (χ3v) is 1.04. The van der Waals surface area contributed by atoms with Crippen molar-refractivity contribution in [1.82, 2.24) is 10.5 Å². The molecule has 0 spiro atoms. The van der Waals surface area contributed by atoms with E-state index < -0.39 is 0 Å². The average Bonchev–Trinajstić information content (AvgIpc) is 2.18. The summed E-state index contributed by atoms with van der Waals surface area (Å²) in [7, 11) is 1.84. The van der Waals surface area contributed by atoms with Gasteiger partial charge in [0.2, 0.25) is 5.88 Å². The largest absolute Gasteiger partial charge is 0.367 e. The highest BCUT2D eigenvalue weighted by atomic mass is 16.5. The summed E-state index contributed by atoms with van der Waals surface area (Å²) in [6, 6.07) is 0. The molecule has 4 heteroatoms. The number of nitrogens with two attached hydrogens (primary N) is 1. The second-order valence-corrected chi connectivity index (χ2v) is 1.75. The van der Waals surface area contributed by atoms with E-state index in [-0.39, 0.29) is 0 Å². The summed E-state index contributed by atoms with van der Waals surface area (Å²) >= 11 is 0. The second kappa shape index (κ2) is 2.50. The second-order valence-electron chi connectivity index (χ2n) is 1.75. The molecule has 0 aliphatic heterocycles. The predicted octanol–water partition coefficient (Wildman–Crippen LogP) is -0.0238. The molecule has 1 rings (SSSR count). The van der Waals surface area contributed by atoms with Gasteiger partial charge < -0.3 is 15.6 Å². The zero-order chi connectivity index (χ0) is 6.69. The summed E-state index contributed by atoms with van der Waals surface area (Å²) in [5, 5.41) is 6.43. The molecule has 9 heavy (non-hydrogen) atoms. The minimum absolute atomic E-state index is 0.393. The van der Waals surface area contributed by atoms with Gasteiger partial charge in [-0.2, -0.15) is 0 Å². The number of hydrogen-bond acceptors (Lipinski definition) is 4. The third-order valence-electron chi connectivity index (χ3n) is 1.04. The zero-order valence-electron chi connectivity index (χ0n) is 5.22. The lowest BCUT2D eigenvalue weighted by atomic mass is 10.3. The van der Waals surface area contributed by atoms with Crippen LogP contribution in [0.15, 0.2) is 10.7 Å². The maximum atomic E-state index is 5.36. The quantitative estimate of drug-likeness (QED) is 0.585. The van der Waals surface area contributed by atoms with Gasteiger partial charge in [0.15, 0.2) is 0 Å². The lowest BCUT2D eigenvalue weighted by Crippen LogP contribution is -2.05. The van der Waals surface area contributed by atoms with Crippen LogP contribution < -0.4 is 11.1 Å². The molecule has 0 saturated heterocycles. The van der Waals surface area contributed by atoms with Crippen LogP contribution in [-0.2, 0) is 6.54 Å². The number of aromatic nitrogens is 1. The molecule has 0 aliphatic rings. The SMILES string of the molecule is CNCc1cnoc1N. The molecule has 0 atom stereocenters. The minimum Gasteiger partial charge on any atom is -0.367 e. The standard InChI is InChI=1S/C5H9N3O/c1-7-2-4-3-8-9-5(4)6/h3,7H,2,6H2,1H3. The number of hydrogen-bond donors (Lipinski definition) is 2. The molecule has 0 unspecified atom stereocenters. The van der Waals surface area contributed by atoms with Gasteiger partial charge in [0.25, 0.3) is 0 Å². The van der Waals surface area contributed by atoms with Gasteiger partial charge in [0.05, 0.1) is 11.8 Å². The van der Waals surface area contributed by atoms with E-state index in [1.807, 2.05) is 7.05 Å². The van der Waals surface area contributed by atoms with E-state index in [4.69, 9.17) is 5.73 Å². The van der Waals surface area contributed by atoms with E-state index in [2.05, 4.69) is 15.0 Å². The molecule has 0 bridgehead atoms. The number of rotatable bonds is 2. The van der Waals surface area contributed by atoms with Crippen molar-refractivity contribution in [3.05, 3.63) is 11.8 Å². The average molecular weight is 127 g/mol. The number of nitrogens with zero attached hydrogens (tertiary/aromatic N) is 1. The fraction of sp³-hybridized carbons (Fsp3) is 0.400. The van der Waals surface area contributed by atoms with Crippen molar-refractivity contribution in [1.29, 1.82) is 0 Å². The van der Waals surface area contributed by atoms with Crippen molar-refractivity contribution >= 4 is 5.88 Å². The van der Waals surface area contributed by atoms with Crippen LogP contribution in [0, 0.1) is 0 Å². The van der Waals surface area contributed by atoms with Gasteiger partial charge in [-0.25, -0.2) is 0 Å². The van der Waals surface area contributed by atoms with Gasteiger partial charge in [-0.3, -0.25) is 0 Å². The molecule has 50 valence electrons. The monoisotopic (exact) mass is 127 g/mol. The Morgan fingerprint density at radius 2 is 2.67 bits per heavy atom. The Morgan fingerprint density at radius 1 is 1.89 bits per heavy atom. The van der Waals surface area contributed by atoms with Crippen molar-refractivity contribution in [2.45, 2.75) is 6.54 Å². The highest BCUT2D eigenvalue weighted by Gasteiger charge is 1.99. The predicted molar refractivity (Wildman–Crippen MR) is 33.7 cm³/mol. The first-order valence-electron chi connectivity index (χ1n) is 2.68. The summed E-state index contributed by atoms with van der Waals surface area (Å²) in [5.74, 6) is 0.393. The van der Waals surface area contributed by atoms with Gasteiger partial charge >= 0.3 is 0 Å². The van der Waals surface area contributed by atoms with E-state index in [0.29, 0.717) is 12.4 Å². The van der Waals surface area contributed by atoms with Crippen LogP contribution in [0.1, 0.15) is 5.56 Å². The lowest BCUT2D eigenvalue weighted by Gasteiger charge is -1.91. The highest BCUT2D eigenvalue weighted by molar-refractivity contribution is 5.32. The smallest absolute Gasteiger partial charge is 0.226 e. The van der Waals surface area contributed by atoms with Crippen LogP contribution in [0.4, 0.5) is 5.88 Å². The molecular formula is C5H9N3O. The molecule has 0 radical (unpaired) electrons. The molecule has 1 aromatic rings. The Labute approximate surface area is 53.0 Å². The van der Waals surface area contributed by atoms with Crippen LogP contribution in [0.25, 0.3) is 0 Å². The molecule has 0 fully saturated rings. The summed E-state index contributed by atoms with van der Waals surface area (Å²) in [4.78, 5) is 0. The van der Waals surface area contributed by atoms with Crippen LogP contribution in [0.2, 0.25) is 0 Å². The Hall–Kier alpha value is -1.03. The molecule has 1 heterocycles. The summed E-state index contributed by atoms with van der Waals surface area (Å²) in [6.07, 6.45) is 1.60. The van der Waals surface area contributed by atoms with E-state index in [1.54, 1.807) is 6.20 Å². The Balaban J connectivity index is 2.69. The molecule has 0 aliphatic carbocycles. The first-order chi connectivity index (χ1) is 4.34. The van der Waals surface area contributed by atoms with Crippen molar-refractivity contribution in [3.8, 4) is 0 Å². The Bertz CT molecular complexity index is 184. The maximum Gasteiger partial charge on any atom is 0.226 e. The van der Waals surface area contributed by atoms with E-state index in [9.17, 15) is 0 Å². The number of nitrogen functional groups attached to an aromatic ring is 1. The van der Waals surface area contributed by atoms with E-state index in [1.165, 1.54) is 0 Å². The fourth-order valence-electron chi connectivity index (χ4n) is 0.592. The number of anilines is 1. The molecule has 0 amide bonds. The van der Waals surface area contributed by atoms with Crippen LogP contribution in [0.5, 0.6) is 0 Å². The molecule has 4 nitrogen and oxygen atoms in total. The fourth-order valence-corrected chi connectivity index (χ4v) is 0.592. The lowest BCUT2D eigenvalue weighted by molar-refractivity contribution is 0.436. The Morgan fingerprint density at radius 3 is 3.11 bits per heavy atom. The summed E-state index contributed by atoms with van der Waals surface area (Å²) < 4.78 is 4.60. The molecular weight excluding hydrogens is 118 g/mol. The molecule has 1 aromatic heterocycles. The van der Waals surface area contributed by atoms with Crippen molar-refractivity contribution in [2.24, 2.45) is 0 Å².